The Morgan fingerprint density at radius 1 is 1.27 bits per heavy atom. The summed E-state index contributed by atoms with van der Waals surface area (Å²) in [5, 5.41) is 17.7. The number of amides is 2. The van der Waals surface area contributed by atoms with Gasteiger partial charge in [0.2, 0.25) is 6.41 Å². The molecule has 7 rings (SSSR count). The number of nitrogens with zero attached hydrogens (tertiary/aromatic N) is 1. The monoisotopic (exact) mass is 521 g/mol. The van der Waals surface area contributed by atoms with Gasteiger partial charge in [0.25, 0.3) is 5.91 Å². The van der Waals surface area contributed by atoms with Crippen molar-refractivity contribution >= 4 is 29.6 Å². The second-order valence-electron chi connectivity index (χ2n) is 11.7. The Labute approximate surface area is 221 Å². The average molecular weight is 522 g/mol. The van der Waals surface area contributed by atoms with Crippen LogP contribution in [0.25, 0.3) is 0 Å². The number of nitrogens with one attached hydrogen (secondary N) is 2. The molecule has 7 nitrogen and oxygen atoms in total. The van der Waals surface area contributed by atoms with Crippen molar-refractivity contribution in [3.63, 3.8) is 0 Å². The van der Waals surface area contributed by atoms with E-state index in [2.05, 4.69) is 15.5 Å². The first-order valence-electron chi connectivity index (χ1n) is 13.5. The van der Waals surface area contributed by atoms with Gasteiger partial charge in [-0.2, -0.15) is 0 Å². The van der Waals surface area contributed by atoms with Crippen molar-refractivity contribution in [2.45, 2.75) is 69.1 Å². The van der Waals surface area contributed by atoms with E-state index in [-0.39, 0.29) is 29.2 Å². The Balaban J connectivity index is 1.29. The minimum absolute atomic E-state index is 0.158. The maximum absolute atomic E-state index is 13.3. The summed E-state index contributed by atoms with van der Waals surface area (Å²) in [6.07, 6.45) is 6.51. The van der Waals surface area contributed by atoms with Crippen LogP contribution in [0.5, 0.6) is 11.5 Å². The van der Waals surface area contributed by atoms with Crippen LogP contribution in [0.3, 0.4) is 0 Å². The number of carbonyl (C=O) groups excluding carboxylic acids is 2. The van der Waals surface area contributed by atoms with Crippen LogP contribution in [0.4, 0.5) is 5.69 Å². The normalized spacial score (nSPS) is 31.3. The van der Waals surface area contributed by atoms with Gasteiger partial charge in [-0.15, -0.1) is 0 Å². The molecule has 8 heteroatoms. The van der Waals surface area contributed by atoms with Gasteiger partial charge in [0, 0.05) is 45.8 Å². The molecule has 3 N–H and O–H groups in total. The maximum Gasteiger partial charge on any atom is 0.251 e. The van der Waals surface area contributed by atoms with Crippen LogP contribution in [-0.4, -0.2) is 53.6 Å². The third-order valence-electron chi connectivity index (χ3n) is 9.71. The van der Waals surface area contributed by atoms with E-state index < -0.39 is 0 Å². The number of benzene rings is 2. The molecule has 2 amide bonds. The lowest BCUT2D eigenvalue weighted by atomic mass is 9.51. The second kappa shape index (κ2) is 8.37. The molecule has 1 saturated heterocycles. The average Bonchev–Trinajstić information content (AvgIpc) is 3.63. The number of rotatable bonds is 6. The summed E-state index contributed by atoms with van der Waals surface area (Å²) in [6, 6.07) is 7.17. The van der Waals surface area contributed by atoms with E-state index in [0.717, 1.165) is 61.4 Å². The Morgan fingerprint density at radius 2 is 2.11 bits per heavy atom. The molecule has 2 bridgehead atoms. The zero-order valence-electron chi connectivity index (χ0n) is 20.9. The summed E-state index contributed by atoms with van der Waals surface area (Å²) in [7, 11) is 0. The zero-order chi connectivity index (χ0) is 25.5. The van der Waals surface area contributed by atoms with Gasteiger partial charge in [-0.05, 0) is 81.5 Å². The fourth-order valence-electron chi connectivity index (χ4n) is 7.87. The number of halogens is 1. The highest BCUT2D eigenvalue weighted by atomic mass is 35.5. The molecule has 0 unspecified atom stereocenters. The molecule has 2 aliphatic heterocycles. The molecule has 2 aromatic carbocycles. The molecule has 2 aromatic rings. The number of phenols is 1. The van der Waals surface area contributed by atoms with Crippen molar-refractivity contribution in [1.29, 1.82) is 0 Å². The molecule has 0 radical (unpaired) electrons. The van der Waals surface area contributed by atoms with Crippen molar-refractivity contribution in [2.75, 3.05) is 18.4 Å². The van der Waals surface area contributed by atoms with Gasteiger partial charge >= 0.3 is 0 Å². The van der Waals surface area contributed by atoms with E-state index in [0.29, 0.717) is 40.4 Å². The van der Waals surface area contributed by atoms with Crippen molar-refractivity contribution in [3.8, 4) is 11.5 Å². The number of piperidine rings is 1. The quantitative estimate of drug-likeness (QED) is 0.496. The molecule has 3 fully saturated rings. The summed E-state index contributed by atoms with van der Waals surface area (Å²) in [5.41, 5.74) is 3.68. The lowest BCUT2D eigenvalue weighted by Crippen LogP contribution is -2.69. The number of ether oxygens (including phenoxy) is 1. The molecule has 194 valence electrons. The predicted molar refractivity (Wildman–Crippen MR) is 140 cm³/mol. The Kier molecular flexibility index (Phi) is 5.28. The molecular weight excluding hydrogens is 490 g/mol. The van der Waals surface area contributed by atoms with Gasteiger partial charge in [-0.25, -0.2) is 0 Å². The van der Waals surface area contributed by atoms with Crippen LogP contribution in [0, 0.1) is 18.8 Å². The molecule has 0 aromatic heterocycles. The van der Waals surface area contributed by atoms with Crippen LogP contribution in [0.15, 0.2) is 24.3 Å². The minimum atomic E-state index is -0.299. The smallest absolute Gasteiger partial charge is 0.251 e. The number of phenolic OH excluding ortho intramolecular Hbond substituents is 1. The van der Waals surface area contributed by atoms with Crippen LogP contribution >= 0.6 is 11.6 Å². The number of aromatic hydroxyl groups is 1. The Morgan fingerprint density at radius 3 is 2.86 bits per heavy atom. The van der Waals surface area contributed by atoms with E-state index in [4.69, 9.17) is 16.3 Å². The highest BCUT2D eigenvalue weighted by Gasteiger charge is 2.66. The third kappa shape index (κ3) is 3.43. The molecule has 2 saturated carbocycles. The SMILES string of the molecule is Cc1ccc(C(=O)N[C@@H]2CC[C@H]3[C@H]4Cc5c(O)cc(NC=O)c6c5[C@@]3(CCN4CC3CC3)[C@H]2O6)cc1Cl. The van der Waals surface area contributed by atoms with Crippen LogP contribution in [-0.2, 0) is 16.6 Å². The lowest BCUT2D eigenvalue weighted by molar-refractivity contribution is -0.105. The standard InChI is InChI=1S/C29H32ClN3O4/c1-15-2-5-17(10-20(15)30)28(36)32-21-7-6-19-23-11-18-24(35)12-22(31-14-34)26-25(18)29(19,27(21)37-26)8-9-33(23)13-16-3-4-16/h2,5,10,12,14,16,19,21,23,27,35H,3-4,6-9,11,13H2,1H3,(H,31,34)(H,32,36)/t19-,21+,23+,27-,29-/m0/s1. The molecule has 1 spiro atoms. The van der Waals surface area contributed by atoms with E-state index in [1.54, 1.807) is 18.2 Å². The highest BCUT2D eigenvalue weighted by Crippen LogP contribution is 2.65. The maximum atomic E-state index is 13.3. The summed E-state index contributed by atoms with van der Waals surface area (Å²) in [5.74, 6) is 1.92. The van der Waals surface area contributed by atoms with Gasteiger partial charge in [0.15, 0.2) is 0 Å². The van der Waals surface area contributed by atoms with Crippen LogP contribution in [0.2, 0.25) is 5.02 Å². The predicted octanol–water partition coefficient (Wildman–Crippen LogP) is 4.17. The molecule has 5 aliphatic rings. The Hall–Kier alpha value is -2.77. The summed E-state index contributed by atoms with van der Waals surface area (Å²) in [6.45, 7) is 4.03. The number of carbonyl (C=O) groups is 2. The highest BCUT2D eigenvalue weighted by molar-refractivity contribution is 6.31. The number of aryl methyl sites for hydroxylation is 1. The van der Waals surface area contributed by atoms with Crippen molar-refractivity contribution < 1.29 is 19.4 Å². The lowest BCUT2D eigenvalue weighted by Gasteiger charge is -2.59. The first-order valence-corrected chi connectivity index (χ1v) is 13.9. The van der Waals surface area contributed by atoms with Crippen molar-refractivity contribution in [3.05, 3.63) is 51.5 Å². The molecule has 2 heterocycles. The van der Waals surface area contributed by atoms with Crippen LogP contribution in [0.1, 0.15) is 59.2 Å². The number of hydrogen-bond donors (Lipinski definition) is 3. The summed E-state index contributed by atoms with van der Waals surface area (Å²) in [4.78, 5) is 27.4. The van der Waals surface area contributed by atoms with Gasteiger partial charge in [0.05, 0.1) is 11.7 Å². The molecule has 3 aliphatic carbocycles. The van der Waals surface area contributed by atoms with Crippen molar-refractivity contribution in [2.24, 2.45) is 11.8 Å². The fraction of sp³-hybridized carbons (Fsp3) is 0.517. The second-order valence-corrected chi connectivity index (χ2v) is 12.1. The first-order chi connectivity index (χ1) is 17.9. The van der Waals surface area contributed by atoms with E-state index in [1.165, 1.54) is 12.8 Å². The number of anilines is 1. The largest absolute Gasteiger partial charge is 0.508 e. The summed E-state index contributed by atoms with van der Waals surface area (Å²) < 4.78 is 6.75. The Bertz CT molecular complexity index is 1310. The van der Waals surface area contributed by atoms with Gasteiger partial charge in [-0.3, -0.25) is 14.5 Å². The van der Waals surface area contributed by atoms with Crippen LogP contribution < -0.4 is 15.4 Å². The molecular formula is C29H32ClN3O4. The van der Waals surface area contributed by atoms with E-state index in [9.17, 15) is 14.7 Å². The topological polar surface area (TPSA) is 90.9 Å². The van der Waals surface area contributed by atoms with Crippen molar-refractivity contribution in [1.82, 2.24) is 10.2 Å². The third-order valence-corrected chi connectivity index (χ3v) is 10.1. The number of likely N-dealkylation sites (tertiary alicyclic amines) is 1. The fourth-order valence-corrected chi connectivity index (χ4v) is 8.05. The van der Waals surface area contributed by atoms with E-state index in [1.807, 2.05) is 13.0 Å². The number of hydrogen-bond acceptors (Lipinski definition) is 5. The summed E-state index contributed by atoms with van der Waals surface area (Å²) >= 11 is 6.31. The molecule has 5 atom stereocenters. The molecule has 37 heavy (non-hydrogen) atoms. The van der Waals surface area contributed by atoms with Gasteiger partial charge < -0.3 is 20.5 Å². The minimum Gasteiger partial charge on any atom is -0.508 e. The van der Waals surface area contributed by atoms with Gasteiger partial charge in [-0.1, -0.05) is 17.7 Å². The van der Waals surface area contributed by atoms with E-state index >= 15 is 0 Å². The van der Waals surface area contributed by atoms with Gasteiger partial charge in [0.1, 0.15) is 17.6 Å². The first kappa shape index (κ1) is 23.4. The zero-order valence-corrected chi connectivity index (χ0v) is 21.7.